The van der Waals surface area contributed by atoms with E-state index < -0.39 is 0 Å². The Bertz CT molecular complexity index is 822. The minimum Gasteiger partial charge on any atom is -0.295 e. The first kappa shape index (κ1) is 14.5. The second-order valence-corrected chi connectivity index (χ2v) is 6.26. The van der Waals surface area contributed by atoms with Crippen LogP contribution >= 0.6 is 27.5 Å². The quantitative estimate of drug-likeness (QED) is 0.563. The van der Waals surface area contributed by atoms with E-state index in [1.807, 2.05) is 29.7 Å². The van der Waals surface area contributed by atoms with Crippen LogP contribution in [0.5, 0.6) is 0 Å². The zero-order chi connectivity index (χ0) is 15.1. The second kappa shape index (κ2) is 5.43. The van der Waals surface area contributed by atoms with Crippen molar-refractivity contribution in [2.45, 2.75) is 19.7 Å². The molecule has 0 radical (unpaired) electrons. The Morgan fingerprint density at radius 1 is 1.19 bits per heavy atom. The largest absolute Gasteiger partial charge is 0.295 e. The lowest BCUT2D eigenvalue weighted by Gasteiger charge is -2.10. The summed E-state index contributed by atoms with van der Waals surface area (Å²) in [6.07, 6.45) is 0. The van der Waals surface area contributed by atoms with Gasteiger partial charge in [-0.3, -0.25) is 4.57 Å². The van der Waals surface area contributed by atoms with Gasteiger partial charge >= 0.3 is 0 Å². The third-order valence-electron chi connectivity index (χ3n) is 3.41. The first-order chi connectivity index (χ1) is 9.99. The number of aryl methyl sites for hydroxylation is 2. The zero-order valence-electron chi connectivity index (χ0n) is 11.6. The maximum atomic E-state index is 13.7. The molecule has 21 heavy (non-hydrogen) atoms. The van der Waals surface area contributed by atoms with E-state index in [-0.39, 0.29) is 11.7 Å². The number of fused-ring (bicyclic) bond motifs is 1. The summed E-state index contributed by atoms with van der Waals surface area (Å²) in [5.74, 6) is 0.717. The van der Waals surface area contributed by atoms with Gasteiger partial charge in [-0.2, -0.15) is 0 Å². The van der Waals surface area contributed by atoms with Crippen LogP contribution in [-0.2, 0) is 5.88 Å². The van der Waals surface area contributed by atoms with Gasteiger partial charge in [-0.15, -0.1) is 11.6 Å². The molecule has 2 aromatic carbocycles. The maximum Gasteiger partial charge on any atom is 0.129 e. The molecule has 3 rings (SSSR count). The predicted molar refractivity (Wildman–Crippen MR) is 87.8 cm³/mol. The molecular formula is C16H13BrClFN2. The zero-order valence-corrected chi connectivity index (χ0v) is 14.0. The van der Waals surface area contributed by atoms with Crippen LogP contribution in [0, 0.1) is 19.7 Å². The number of hydrogen-bond donors (Lipinski definition) is 0. The summed E-state index contributed by atoms with van der Waals surface area (Å²) in [5, 5.41) is 0. The number of hydrogen-bond acceptors (Lipinski definition) is 1. The van der Waals surface area contributed by atoms with Gasteiger partial charge in [-0.05, 0) is 49.2 Å². The lowest BCUT2D eigenvalue weighted by molar-refractivity contribution is 0.620. The Morgan fingerprint density at radius 3 is 2.62 bits per heavy atom. The van der Waals surface area contributed by atoms with Gasteiger partial charge in [0.25, 0.3) is 0 Å². The molecule has 1 heterocycles. The van der Waals surface area contributed by atoms with Crippen molar-refractivity contribution in [1.82, 2.24) is 9.55 Å². The van der Waals surface area contributed by atoms with Gasteiger partial charge in [0.2, 0.25) is 0 Å². The van der Waals surface area contributed by atoms with Gasteiger partial charge in [-0.25, -0.2) is 9.37 Å². The number of nitrogens with zero attached hydrogens (tertiary/aromatic N) is 2. The molecular weight excluding hydrogens is 355 g/mol. The van der Waals surface area contributed by atoms with Crippen LogP contribution in [0.25, 0.3) is 16.7 Å². The van der Waals surface area contributed by atoms with Gasteiger partial charge in [-0.1, -0.05) is 15.9 Å². The van der Waals surface area contributed by atoms with Crippen LogP contribution in [0.2, 0.25) is 0 Å². The predicted octanol–water partition coefficient (Wildman–Crippen LogP) is 5.28. The van der Waals surface area contributed by atoms with E-state index in [9.17, 15) is 4.39 Å². The molecule has 0 aliphatic rings. The summed E-state index contributed by atoms with van der Waals surface area (Å²) < 4.78 is 16.7. The highest BCUT2D eigenvalue weighted by molar-refractivity contribution is 9.10. The standard InChI is InChI=1S/C16H13BrClFN2/c1-9-3-11(17)6-12(4-9)21-15-5-10(2)13(19)7-14(15)20-16(21)8-18/h3-7H,8H2,1-2H3. The molecule has 0 saturated carbocycles. The van der Waals surface area contributed by atoms with Crippen molar-refractivity contribution in [3.8, 4) is 5.69 Å². The molecule has 0 atom stereocenters. The van der Waals surface area contributed by atoms with Crippen molar-refractivity contribution in [3.05, 3.63) is 57.6 Å². The number of imidazole rings is 1. The van der Waals surface area contributed by atoms with Crippen LogP contribution < -0.4 is 0 Å². The minimum atomic E-state index is -0.251. The molecule has 0 spiro atoms. The average molecular weight is 368 g/mol. The summed E-state index contributed by atoms with van der Waals surface area (Å²) >= 11 is 9.53. The van der Waals surface area contributed by atoms with Crippen molar-refractivity contribution in [3.63, 3.8) is 0 Å². The van der Waals surface area contributed by atoms with Crippen LogP contribution in [0.3, 0.4) is 0 Å². The van der Waals surface area contributed by atoms with E-state index >= 15 is 0 Å². The van der Waals surface area contributed by atoms with Crippen LogP contribution in [-0.4, -0.2) is 9.55 Å². The van der Waals surface area contributed by atoms with Gasteiger partial charge < -0.3 is 0 Å². The molecule has 0 amide bonds. The summed E-state index contributed by atoms with van der Waals surface area (Å²) in [6.45, 7) is 3.78. The van der Waals surface area contributed by atoms with Gasteiger partial charge in [0.1, 0.15) is 11.6 Å². The van der Waals surface area contributed by atoms with E-state index in [1.165, 1.54) is 6.07 Å². The molecule has 0 N–H and O–H groups in total. The van der Waals surface area contributed by atoms with E-state index in [2.05, 4.69) is 27.0 Å². The Balaban J connectivity index is 2.36. The SMILES string of the molecule is Cc1cc(Br)cc(-n2c(CCl)nc3cc(F)c(C)cc32)c1. The first-order valence-electron chi connectivity index (χ1n) is 6.50. The monoisotopic (exact) mass is 366 g/mol. The Kier molecular flexibility index (Phi) is 3.76. The van der Waals surface area contributed by atoms with E-state index in [1.54, 1.807) is 6.92 Å². The average Bonchev–Trinajstić information content (AvgIpc) is 2.75. The van der Waals surface area contributed by atoms with Gasteiger partial charge in [0.05, 0.1) is 16.9 Å². The van der Waals surface area contributed by atoms with Crippen molar-refractivity contribution in [1.29, 1.82) is 0 Å². The van der Waals surface area contributed by atoms with Gasteiger partial charge in [0, 0.05) is 16.2 Å². The fourth-order valence-electron chi connectivity index (χ4n) is 2.48. The summed E-state index contributed by atoms with van der Waals surface area (Å²) in [6, 6.07) is 9.36. The molecule has 1 aromatic heterocycles. The second-order valence-electron chi connectivity index (χ2n) is 5.07. The highest BCUT2D eigenvalue weighted by Crippen LogP contribution is 2.27. The lowest BCUT2D eigenvalue weighted by atomic mass is 10.2. The highest BCUT2D eigenvalue weighted by Gasteiger charge is 2.14. The molecule has 0 aliphatic heterocycles. The molecule has 0 aliphatic carbocycles. The molecule has 0 fully saturated rings. The summed E-state index contributed by atoms with van der Waals surface area (Å²) in [4.78, 5) is 4.44. The minimum absolute atomic E-state index is 0.251. The Morgan fingerprint density at radius 2 is 1.95 bits per heavy atom. The van der Waals surface area contributed by atoms with Crippen molar-refractivity contribution in [2.75, 3.05) is 0 Å². The Labute approximate surface area is 135 Å². The normalized spacial score (nSPS) is 11.3. The van der Waals surface area contributed by atoms with Crippen molar-refractivity contribution >= 4 is 38.6 Å². The van der Waals surface area contributed by atoms with Crippen LogP contribution in [0.4, 0.5) is 4.39 Å². The molecule has 0 unspecified atom stereocenters. The van der Waals surface area contributed by atoms with Crippen molar-refractivity contribution in [2.24, 2.45) is 0 Å². The van der Waals surface area contributed by atoms with Crippen LogP contribution in [0.1, 0.15) is 17.0 Å². The van der Waals surface area contributed by atoms with Gasteiger partial charge in [0.15, 0.2) is 0 Å². The molecule has 5 heteroatoms. The molecule has 0 saturated heterocycles. The number of aromatic nitrogens is 2. The topological polar surface area (TPSA) is 17.8 Å². The van der Waals surface area contributed by atoms with E-state index in [0.29, 0.717) is 16.9 Å². The van der Waals surface area contributed by atoms with E-state index in [0.717, 1.165) is 21.2 Å². The summed E-state index contributed by atoms with van der Waals surface area (Å²) in [7, 11) is 0. The lowest BCUT2D eigenvalue weighted by Crippen LogP contribution is -2.00. The number of halogens is 3. The fourth-order valence-corrected chi connectivity index (χ4v) is 3.25. The number of alkyl halides is 1. The smallest absolute Gasteiger partial charge is 0.129 e. The van der Waals surface area contributed by atoms with Crippen LogP contribution in [0.15, 0.2) is 34.8 Å². The third kappa shape index (κ3) is 2.58. The highest BCUT2D eigenvalue weighted by atomic mass is 79.9. The molecule has 108 valence electrons. The molecule has 2 nitrogen and oxygen atoms in total. The number of rotatable bonds is 2. The van der Waals surface area contributed by atoms with Crippen molar-refractivity contribution < 1.29 is 4.39 Å². The third-order valence-corrected chi connectivity index (χ3v) is 4.11. The summed E-state index contributed by atoms with van der Waals surface area (Å²) in [5.41, 5.74) is 4.16. The fraction of sp³-hybridized carbons (Fsp3) is 0.188. The molecule has 3 aromatic rings. The van der Waals surface area contributed by atoms with E-state index in [4.69, 9.17) is 11.6 Å². The Hall–Kier alpha value is -1.39. The number of benzene rings is 2. The first-order valence-corrected chi connectivity index (χ1v) is 7.83. The molecule has 0 bridgehead atoms. The maximum absolute atomic E-state index is 13.7.